The van der Waals surface area contributed by atoms with E-state index < -0.39 is 18.2 Å². The lowest BCUT2D eigenvalue weighted by Crippen LogP contribution is -2.46. The van der Waals surface area contributed by atoms with Gasteiger partial charge in [0, 0.05) is 6.42 Å². The standard InChI is InChI=1S/C54H105NO5/c1-4-7-10-13-16-19-22-24-26-27-29-32-35-38-41-44-47-54(59)60-50(45-42-39-36-33-31-28-25-23-20-17-14-11-8-5-2)48-53(58)55-51(49-56)52(57)46-43-40-37-34-30-21-18-15-12-9-6-3/h26-27,50-52,56-57H,4-25,28-49H2,1-3H3,(H,55,58)/b27-26+. The molecule has 0 aromatic rings. The van der Waals surface area contributed by atoms with Crippen molar-refractivity contribution in [1.29, 1.82) is 0 Å². The van der Waals surface area contributed by atoms with E-state index in [4.69, 9.17) is 4.74 Å². The summed E-state index contributed by atoms with van der Waals surface area (Å²) in [4.78, 5) is 26.2. The van der Waals surface area contributed by atoms with Gasteiger partial charge in [-0.15, -0.1) is 0 Å². The average molecular weight is 848 g/mol. The van der Waals surface area contributed by atoms with Crippen LogP contribution < -0.4 is 5.32 Å². The van der Waals surface area contributed by atoms with Crippen LogP contribution in [-0.2, 0) is 14.3 Å². The molecule has 0 saturated carbocycles. The van der Waals surface area contributed by atoms with E-state index in [0.717, 1.165) is 51.4 Å². The first-order valence-corrected chi connectivity index (χ1v) is 26.9. The van der Waals surface area contributed by atoms with Crippen LogP contribution in [0.3, 0.4) is 0 Å². The van der Waals surface area contributed by atoms with E-state index >= 15 is 0 Å². The highest BCUT2D eigenvalue weighted by atomic mass is 16.5. The maximum Gasteiger partial charge on any atom is 0.306 e. The third-order valence-corrected chi connectivity index (χ3v) is 12.6. The Morgan fingerprint density at radius 3 is 1.18 bits per heavy atom. The van der Waals surface area contributed by atoms with Crippen LogP contribution in [0.2, 0.25) is 0 Å². The number of rotatable bonds is 49. The van der Waals surface area contributed by atoms with E-state index in [-0.39, 0.29) is 24.9 Å². The first-order chi connectivity index (χ1) is 29.5. The highest BCUT2D eigenvalue weighted by molar-refractivity contribution is 5.77. The fraction of sp³-hybridized carbons (Fsp3) is 0.926. The number of ether oxygens (including phenoxy) is 1. The molecule has 3 N–H and O–H groups in total. The first kappa shape index (κ1) is 58.6. The Morgan fingerprint density at radius 2 is 0.800 bits per heavy atom. The molecule has 3 atom stereocenters. The maximum absolute atomic E-state index is 13.2. The number of unbranched alkanes of at least 4 members (excludes halogenated alkanes) is 35. The third-order valence-electron chi connectivity index (χ3n) is 12.6. The number of carbonyl (C=O) groups is 2. The number of hydrogen-bond donors (Lipinski definition) is 3. The van der Waals surface area contributed by atoms with Gasteiger partial charge in [-0.05, 0) is 51.4 Å². The number of aliphatic hydroxyl groups excluding tert-OH is 2. The molecule has 6 nitrogen and oxygen atoms in total. The number of carbonyl (C=O) groups excluding carboxylic acids is 2. The summed E-state index contributed by atoms with van der Waals surface area (Å²) in [6.07, 6.45) is 54.1. The number of allylic oxidation sites excluding steroid dienone is 2. The summed E-state index contributed by atoms with van der Waals surface area (Å²) in [5, 5.41) is 23.8. The molecule has 0 aliphatic heterocycles. The largest absolute Gasteiger partial charge is 0.462 e. The number of hydrogen-bond acceptors (Lipinski definition) is 5. The van der Waals surface area contributed by atoms with Gasteiger partial charge in [-0.25, -0.2) is 0 Å². The predicted molar refractivity (Wildman–Crippen MR) is 260 cm³/mol. The Hall–Kier alpha value is -1.40. The van der Waals surface area contributed by atoms with Gasteiger partial charge in [0.15, 0.2) is 0 Å². The molecule has 0 aromatic heterocycles. The molecular formula is C54H105NO5. The monoisotopic (exact) mass is 848 g/mol. The van der Waals surface area contributed by atoms with Crippen LogP contribution in [0, 0.1) is 0 Å². The second kappa shape index (κ2) is 48.6. The zero-order chi connectivity index (χ0) is 43.8. The Kier molecular flexibility index (Phi) is 47.5. The van der Waals surface area contributed by atoms with Gasteiger partial charge in [0.1, 0.15) is 6.10 Å². The fourth-order valence-corrected chi connectivity index (χ4v) is 8.49. The molecule has 0 bridgehead atoms. The molecule has 0 radical (unpaired) electrons. The highest BCUT2D eigenvalue weighted by Gasteiger charge is 2.24. The molecule has 0 saturated heterocycles. The Balaban J connectivity index is 4.53. The molecule has 1 amide bonds. The van der Waals surface area contributed by atoms with Crippen LogP contribution in [0.4, 0.5) is 0 Å². The topological polar surface area (TPSA) is 95.9 Å². The van der Waals surface area contributed by atoms with E-state index in [2.05, 4.69) is 38.2 Å². The van der Waals surface area contributed by atoms with Crippen LogP contribution in [0.5, 0.6) is 0 Å². The summed E-state index contributed by atoms with van der Waals surface area (Å²) < 4.78 is 5.94. The van der Waals surface area contributed by atoms with Gasteiger partial charge in [-0.3, -0.25) is 9.59 Å². The smallest absolute Gasteiger partial charge is 0.306 e. The van der Waals surface area contributed by atoms with Crippen molar-refractivity contribution in [3.05, 3.63) is 12.2 Å². The summed E-state index contributed by atoms with van der Waals surface area (Å²) in [6.45, 7) is 6.50. The van der Waals surface area contributed by atoms with Crippen molar-refractivity contribution in [2.45, 2.75) is 315 Å². The molecule has 60 heavy (non-hydrogen) atoms. The van der Waals surface area contributed by atoms with Crippen LogP contribution in [0.25, 0.3) is 0 Å². The minimum atomic E-state index is -0.782. The normalized spacial score (nSPS) is 13.2. The van der Waals surface area contributed by atoms with Gasteiger partial charge in [-0.1, -0.05) is 245 Å². The van der Waals surface area contributed by atoms with Crippen LogP contribution in [-0.4, -0.2) is 46.9 Å². The zero-order valence-corrected chi connectivity index (χ0v) is 40.6. The zero-order valence-electron chi connectivity index (χ0n) is 40.6. The van der Waals surface area contributed by atoms with Gasteiger partial charge in [0.2, 0.25) is 5.91 Å². The molecule has 6 heteroatoms. The van der Waals surface area contributed by atoms with Gasteiger partial charge in [-0.2, -0.15) is 0 Å². The lowest BCUT2D eigenvalue weighted by molar-refractivity contribution is -0.151. The molecule has 3 unspecified atom stereocenters. The molecule has 0 fully saturated rings. The second-order valence-electron chi connectivity index (χ2n) is 18.6. The van der Waals surface area contributed by atoms with Crippen molar-refractivity contribution in [3.63, 3.8) is 0 Å². The second-order valence-corrected chi connectivity index (χ2v) is 18.6. The van der Waals surface area contributed by atoms with E-state index in [1.807, 2.05) is 0 Å². The maximum atomic E-state index is 13.2. The van der Waals surface area contributed by atoms with E-state index in [0.29, 0.717) is 19.3 Å². The third kappa shape index (κ3) is 43.3. The fourth-order valence-electron chi connectivity index (χ4n) is 8.49. The lowest BCUT2D eigenvalue weighted by Gasteiger charge is -2.24. The molecule has 0 spiro atoms. The summed E-state index contributed by atoms with van der Waals surface area (Å²) in [7, 11) is 0. The Bertz CT molecular complexity index is 909. The van der Waals surface area contributed by atoms with Crippen molar-refractivity contribution in [3.8, 4) is 0 Å². The van der Waals surface area contributed by atoms with Crippen molar-refractivity contribution < 1.29 is 24.5 Å². The summed E-state index contributed by atoms with van der Waals surface area (Å²) in [5.41, 5.74) is 0. The minimum absolute atomic E-state index is 0.0817. The molecule has 356 valence electrons. The van der Waals surface area contributed by atoms with E-state index in [1.165, 1.54) is 199 Å². The predicted octanol–water partition coefficient (Wildman–Crippen LogP) is 16.1. The Labute approximate surface area is 374 Å². The van der Waals surface area contributed by atoms with Gasteiger partial charge < -0.3 is 20.3 Å². The van der Waals surface area contributed by atoms with E-state index in [9.17, 15) is 19.8 Å². The van der Waals surface area contributed by atoms with Crippen molar-refractivity contribution in [1.82, 2.24) is 5.32 Å². The molecule has 0 aromatic carbocycles. The van der Waals surface area contributed by atoms with Crippen molar-refractivity contribution >= 4 is 11.9 Å². The number of esters is 1. The van der Waals surface area contributed by atoms with Gasteiger partial charge >= 0.3 is 5.97 Å². The number of amides is 1. The van der Waals surface area contributed by atoms with Crippen LogP contribution in [0.1, 0.15) is 297 Å². The highest BCUT2D eigenvalue weighted by Crippen LogP contribution is 2.18. The van der Waals surface area contributed by atoms with Crippen LogP contribution in [0.15, 0.2) is 12.2 Å². The quantitative estimate of drug-likeness (QED) is 0.0322. The first-order valence-electron chi connectivity index (χ1n) is 26.9. The molecule has 0 aliphatic rings. The van der Waals surface area contributed by atoms with E-state index in [1.54, 1.807) is 0 Å². The van der Waals surface area contributed by atoms with Crippen molar-refractivity contribution in [2.24, 2.45) is 0 Å². The minimum Gasteiger partial charge on any atom is -0.462 e. The summed E-state index contributed by atoms with van der Waals surface area (Å²) in [5.74, 6) is -0.464. The van der Waals surface area contributed by atoms with Gasteiger partial charge in [0.25, 0.3) is 0 Å². The van der Waals surface area contributed by atoms with Crippen molar-refractivity contribution in [2.75, 3.05) is 6.61 Å². The SMILES string of the molecule is CCCCCCCCC/C=C/CCCCCCCC(=O)OC(CCCCCCCCCCCCCCCC)CC(=O)NC(CO)C(O)CCCCCCCCCCCCC. The molecule has 0 aliphatic carbocycles. The van der Waals surface area contributed by atoms with Crippen LogP contribution >= 0.6 is 0 Å². The number of nitrogens with one attached hydrogen (secondary N) is 1. The molecule has 0 heterocycles. The summed E-state index contributed by atoms with van der Waals surface area (Å²) in [6, 6.07) is -0.696. The van der Waals surface area contributed by atoms with Gasteiger partial charge in [0.05, 0.1) is 25.2 Å². The number of aliphatic hydroxyl groups is 2. The lowest BCUT2D eigenvalue weighted by atomic mass is 10.0. The Morgan fingerprint density at radius 1 is 0.467 bits per heavy atom. The average Bonchev–Trinajstić information content (AvgIpc) is 3.24. The molecule has 0 rings (SSSR count). The summed E-state index contributed by atoms with van der Waals surface area (Å²) >= 11 is 0. The molecular weight excluding hydrogens is 743 g/mol.